The fourth-order valence-electron chi connectivity index (χ4n) is 3.35. The summed E-state index contributed by atoms with van der Waals surface area (Å²) in [5.41, 5.74) is -1.30. The van der Waals surface area contributed by atoms with Crippen molar-refractivity contribution < 1.29 is 35.7 Å². The SMILES string of the molecule is CS(=O)(=O)Oc1c(NS(=O)(=O)c2ccc(Cl)cc2)cc2c(c1O)C(=O)c1ccccc1C2=O. The number of phenolic OH excluding ortho intramolecular Hbond substituents is 1. The molecule has 0 atom stereocenters. The fourth-order valence-corrected chi connectivity index (χ4v) is 5.00. The molecule has 0 aliphatic heterocycles. The van der Waals surface area contributed by atoms with Crippen LogP contribution in [0, 0.1) is 0 Å². The van der Waals surface area contributed by atoms with E-state index in [0.717, 1.165) is 6.07 Å². The van der Waals surface area contributed by atoms with Crippen molar-refractivity contribution in [3.8, 4) is 11.5 Å². The number of rotatable bonds is 5. The van der Waals surface area contributed by atoms with Gasteiger partial charge in [0.05, 0.1) is 22.4 Å². The third kappa shape index (κ3) is 4.17. The van der Waals surface area contributed by atoms with E-state index in [1.807, 2.05) is 0 Å². The number of carbonyl (C=O) groups excluding carboxylic acids is 2. The Balaban J connectivity index is 1.93. The molecule has 0 heterocycles. The minimum Gasteiger partial charge on any atom is -0.504 e. The molecular weight excluding hydrogens is 494 g/mol. The first-order valence-electron chi connectivity index (χ1n) is 9.15. The number of phenols is 1. The zero-order valence-corrected chi connectivity index (χ0v) is 19.1. The van der Waals surface area contributed by atoms with Gasteiger partial charge < -0.3 is 9.29 Å². The summed E-state index contributed by atoms with van der Waals surface area (Å²) in [6.45, 7) is 0. The van der Waals surface area contributed by atoms with Gasteiger partial charge in [0.15, 0.2) is 17.3 Å². The number of fused-ring (bicyclic) bond motifs is 2. The summed E-state index contributed by atoms with van der Waals surface area (Å²) in [7, 11) is -8.61. The van der Waals surface area contributed by atoms with Crippen molar-refractivity contribution in [2.24, 2.45) is 0 Å². The Morgan fingerprint density at radius 1 is 0.879 bits per heavy atom. The molecule has 3 aromatic carbocycles. The highest BCUT2D eigenvalue weighted by atomic mass is 35.5. The average molecular weight is 508 g/mol. The lowest BCUT2D eigenvalue weighted by Crippen LogP contribution is -2.23. The number of halogens is 1. The van der Waals surface area contributed by atoms with E-state index in [2.05, 4.69) is 4.72 Å². The predicted molar refractivity (Wildman–Crippen MR) is 119 cm³/mol. The van der Waals surface area contributed by atoms with Crippen molar-refractivity contribution >= 4 is 49.0 Å². The van der Waals surface area contributed by atoms with E-state index in [0.29, 0.717) is 6.26 Å². The van der Waals surface area contributed by atoms with Crippen LogP contribution in [0.25, 0.3) is 0 Å². The second-order valence-electron chi connectivity index (χ2n) is 7.08. The molecule has 170 valence electrons. The van der Waals surface area contributed by atoms with Crippen molar-refractivity contribution in [1.29, 1.82) is 0 Å². The lowest BCUT2D eigenvalue weighted by Gasteiger charge is -2.22. The molecule has 1 aliphatic carbocycles. The molecule has 0 saturated carbocycles. The van der Waals surface area contributed by atoms with Crippen molar-refractivity contribution in [2.75, 3.05) is 11.0 Å². The highest BCUT2D eigenvalue weighted by molar-refractivity contribution is 7.92. The molecule has 0 unspecified atom stereocenters. The summed E-state index contributed by atoms with van der Waals surface area (Å²) in [6.07, 6.45) is 0.672. The molecule has 0 bridgehead atoms. The van der Waals surface area contributed by atoms with Crippen LogP contribution in [0.3, 0.4) is 0 Å². The van der Waals surface area contributed by atoms with E-state index in [1.54, 1.807) is 6.07 Å². The first kappa shape index (κ1) is 22.8. The molecular formula is C21H14ClNO8S2. The zero-order chi connectivity index (χ0) is 24.1. The first-order valence-corrected chi connectivity index (χ1v) is 12.8. The third-order valence-electron chi connectivity index (χ3n) is 4.75. The largest absolute Gasteiger partial charge is 0.504 e. The second-order valence-corrected chi connectivity index (χ2v) is 10.8. The van der Waals surface area contributed by atoms with E-state index in [4.69, 9.17) is 15.8 Å². The number of hydrogen-bond donors (Lipinski definition) is 2. The molecule has 2 N–H and O–H groups in total. The normalized spacial score (nSPS) is 13.3. The highest BCUT2D eigenvalue weighted by Crippen LogP contribution is 2.45. The maximum Gasteiger partial charge on any atom is 0.306 e. The highest BCUT2D eigenvalue weighted by Gasteiger charge is 2.36. The van der Waals surface area contributed by atoms with Gasteiger partial charge in [0.1, 0.15) is 0 Å². The van der Waals surface area contributed by atoms with Crippen molar-refractivity contribution in [3.63, 3.8) is 0 Å². The Bertz CT molecular complexity index is 1550. The maximum atomic E-state index is 13.0. The average Bonchev–Trinajstić information content (AvgIpc) is 2.74. The van der Waals surface area contributed by atoms with Gasteiger partial charge in [-0.1, -0.05) is 35.9 Å². The number of ketones is 2. The summed E-state index contributed by atoms with van der Waals surface area (Å²) < 4.78 is 56.3. The van der Waals surface area contributed by atoms with E-state index in [1.165, 1.54) is 42.5 Å². The summed E-state index contributed by atoms with van der Waals surface area (Å²) >= 11 is 5.79. The number of anilines is 1. The molecule has 0 aromatic heterocycles. The van der Waals surface area contributed by atoms with Gasteiger partial charge in [0, 0.05) is 21.7 Å². The van der Waals surface area contributed by atoms with Gasteiger partial charge >= 0.3 is 10.1 Å². The number of nitrogens with one attached hydrogen (secondary N) is 1. The molecule has 0 fully saturated rings. The fraction of sp³-hybridized carbons (Fsp3) is 0.0476. The van der Waals surface area contributed by atoms with Crippen LogP contribution in [-0.2, 0) is 20.1 Å². The van der Waals surface area contributed by atoms with Crippen LogP contribution in [-0.4, -0.2) is 39.8 Å². The lowest BCUT2D eigenvalue weighted by atomic mass is 9.83. The molecule has 33 heavy (non-hydrogen) atoms. The van der Waals surface area contributed by atoms with Crippen LogP contribution in [0.1, 0.15) is 31.8 Å². The summed E-state index contributed by atoms with van der Waals surface area (Å²) in [5.74, 6) is -3.23. The number of hydrogen-bond acceptors (Lipinski definition) is 8. The predicted octanol–water partition coefficient (Wildman–Crippen LogP) is 2.96. The maximum absolute atomic E-state index is 13.0. The number of sulfonamides is 1. The molecule has 0 radical (unpaired) electrons. The van der Waals surface area contributed by atoms with Crippen LogP contribution in [0.5, 0.6) is 11.5 Å². The minimum absolute atomic E-state index is 0.00472. The van der Waals surface area contributed by atoms with Gasteiger partial charge in [-0.15, -0.1) is 0 Å². The smallest absolute Gasteiger partial charge is 0.306 e. The Morgan fingerprint density at radius 3 is 2.03 bits per heavy atom. The van der Waals surface area contributed by atoms with Crippen LogP contribution >= 0.6 is 11.6 Å². The van der Waals surface area contributed by atoms with Crippen LogP contribution in [0.15, 0.2) is 59.5 Å². The van der Waals surface area contributed by atoms with E-state index < -0.39 is 54.5 Å². The first-order chi connectivity index (χ1) is 15.4. The standard InChI is InChI=1S/C21H14ClNO8S2/c1-32(27,28)31-21-16(23-33(29,30)12-8-6-11(22)7-9-12)10-15-17(20(21)26)19(25)14-5-3-2-4-13(14)18(15)24/h2-10,23,26H,1H3. The topological polar surface area (TPSA) is 144 Å². The van der Waals surface area contributed by atoms with Gasteiger partial charge in [-0.05, 0) is 30.3 Å². The zero-order valence-electron chi connectivity index (χ0n) is 16.7. The molecule has 9 nitrogen and oxygen atoms in total. The number of carbonyl (C=O) groups is 2. The van der Waals surface area contributed by atoms with Crippen molar-refractivity contribution in [1.82, 2.24) is 0 Å². The minimum atomic E-state index is -4.33. The second kappa shape index (κ2) is 7.87. The lowest BCUT2D eigenvalue weighted by molar-refractivity contribution is 0.0976. The van der Waals surface area contributed by atoms with Gasteiger partial charge in [-0.3, -0.25) is 14.3 Å². The molecule has 0 spiro atoms. The Labute approximate surface area is 193 Å². The summed E-state index contributed by atoms with van der Waals surface area (Å²) in [6, 6.07) is 11.9. The van der Waals surface area contributed by atoms with Gasteiger partial charge in [0.25, 0.3) is 10.0 Å². The van der Waals surface area contributed by atoms with E-state index >= 15 is 0 Å². The molecule has 3 aromatic rings. The molecule has 1 aliphatic rings. The van der Waals surface area contributed by atoms with Crippen LogP contribution in [0.4, 0.5) is 5.69 Å². The van der Waals surface area contributed by atoms with Gasteiger partial charge in [-0.2, -0.15) is 8.42 Å². The molecule has 4 rings (SSSR count). The van der Waals surface area contributed by atoms with E-state index in [9.17, 15) is 31.5 Å². The molecule has 0 saturated heterocycles. The third-order valence-corrected chi connectivity index (χ3v) is 6.85. The van der Waals surface area contributed by atoms with Crippen molar-refractivity contribution in [3.05, 3.63) is 81.9 Å². The Kier molecular flexibility index (Phi) is 5.43. The number of benzene rings is 3. The van der Waals surface area contributed by atoms with Crippen LogP contribution < -0.4 is 8.91 Å². The monoisotopic (exact) mass is 507 g/mol. The Hall–Kier alpha value is -3.41. The summed E-state index contributed by atoms with van der Waals surface area (Å²) in [4.78, 5) is 25.8. The van der Waals surface area contributed by atoms with Crippen molar-refractivity contribution in [2.45, 2.75) is 4.90 Å². The molecule has 12 heteroatoms. The molecule has 0 amide bonds. The van der Waals surface area contributed by atoms with Gasteiger partial charge in [-0.25, -0.2) is 8.42 Å². The quantitative estimate of drug-likeness (QED) is 0.392. The van der Waals surface area contributed by atoms with Gasteiger partial charge in [0.2, 0.25) is 5.75 Å². The Morgan fingerprint density at radius 2 is 1.45 bits per heavy atom. The number of aromatic hydroxyl groups is 1. The summed E-state index contributed by atoms with van der Waals surface area (Å²) in [5, 5.41) is 11.1. The van der Waals surface area contributed by atoms with E-state index in [-0.39, 0.29) is 26.6 Å². The van der Waals surface area contributed by atoms with Crippen LogP contribution in [0.2, 0.25) is 5.02 Å².